The summed E-state index contributed by atoms with van der Waals surface area (Å²) in [5, 5.41) is 3.37. The van der Waals surface area contributed by atoms with Gasteiger partial charge in [-0.1, -0.05) is 18.2 Å². The van der Waals surface area contributed by atoms with Gasteiger partial charge in [0.25, 0.3) is 0 Å². The highest BCUT2D eigenvalue weighted by Crippen LogP contribution is 2.36. The molecule has 2 heterocycles. The molecule has 3 rings (SSSR count). The van der Waals surface area contributed by atoms with Crippen molar-refractivity contribution >= 4 is 9.84 Å². The van der Waals surface area contributed by atoms with Crippen LogP contribution in [0.3, 0.4) is 0 Å². The zero-order chi connectivity index (χ0) is 13.5. The number of hydrogen-bond acceptors (Lipinski definition) is 4. The van der Waals surface area contributed by atoms with Gasteiger partial charge in [-0.2, -0.15) is 0 Å². The molecule has 0 saturated carbocycles. The molecular formula is C14H20N2O2S. The van der Waals surface area contributed by atoms with Crippen molar-refractivity contribution in [3.05, 3.63) is 29.8 Å². The maximum atomic E-state index is 12.1. The molecule has 0 radical (unpaired) electrons. The molecule has 0 aliphatic carbocycles. The molecule has 2 aliphatic rings. The molecule has 0 amide bonds. The van der Waals surface area contributed by atoms with E-state index in [1.54, 1.807) is 6.07 Å². The fourth-order valence-electron chi connectivity index (χ4n) is 3.24. The second kappa shape index (κ2) is 4.89. The summed E-state index contributed by atoms with van der Waals surface area (Å²) >= 11 is 0. The van der Waals surface area contributed by atoms with Gasteiger partial charge in [0.1, 0.15) is 0 Å². The van der Waals surface area contributed by atoms with Crippen molar-refractivity contribution in [1.82, 2.24) is 10.2 Å². The lowest BCUT2D eigenvalue weighted by atomic mass is 10.0. The molecule has 1 aromatic rings. The van der Waals surface area contributed by atoms with Crippen LogP contribution < -0.4 is 5.32 Å². The summed E-state index contributed by atoms with van der Waals surface area (Å²) in [5.41, 5.74) is 0.975. The van der Waals surface area contributed by atoms with Crippen LogP contribution in [-0.2, 0) is 9.84 Å². The van der Waals surface area contributed by atoms with Crippen LogP contribution in [0, 0.1) is 0 Å². The SMILES string of the molecule is CN(C1CCNC1)C1CCS(=O)(=O)c2ccccc21. The molecule has 2 atom stereocenters. The minimum absolute atomic E-state index is 0.227. The Bertz CT molecular complexity index is 565. The van der Waals surface area contributed by atoms with Crippen molar-refractivity contribution in [3.8, 4) is 0 Å². The van der Waals surface area contributed by atoms with Gasteiger partial charge >= 0.3 is 0 Å². The first-order chi connectivity index (χ1) is 9.09. The van der Waals surface area contributed by atoms with Gasteiger partial charge in [-0.25, -0.2) is 8.42 Å². The Morgan fingerprint density at radius 1 is 1.26 bits per heavy atom. The Balaban J connectivity index is 1.96. The molecule has 5 heteroatoms. The molecule has 104 valence electrons. The van der Waals surface area contributed by atoms with Crippen LogP contribution in [0.25, 0.3) is 0 Å². The number of likely N-dealkylation sites (N-methyl/N-ethyl adjacent to an activating group) is 1. The second-order valence-electron chi connectivity index (χ2n) is 5.47. The molecule has 2 aliphatic heterocycles. The zero-order valence-electron chi connectivity index (χ0n) is 11.2. The Kier molecular flexibility index (Phi) is 3.37. The molecule has 0 spiro atoms. The number of fused-ring (bicyclic) bond motifs is 1. The highest BCUT2D eigenvalue weighted by molar-refractivity contribution is 7.91. The third-order valence-corrected chi connectivity index (χ3v) is 6.19. The maximum Gasteiger partial charge on any atom is 0.178 e. The molecule has 1 fully saturated rings. The summed E-state index contributed by atoms with van der Waals surface area (Å²) in [6.07, 6.45) is 1.84. The first-order valence-electron chi connectivity index (χ1n) is 6.84. The highest BCUT2D eigenvalue weighted by atomic mass is 32.2. The minimum Gasteiger partial charge on any atom is -0.315 e. The van der Waals surface area contributed by atoms with Crippen molar-refractivity contribution in [3.63, 3.8) is 0 Å². The number of nitrogens with one attached hydrogen (secondary N) is 1. The number of benzene rings is 1. The fraction of sp³-hybridized carbons (Fsp3) is 0.571. The lowest BCUT2D eigenvalue weighted by molar-refractivity contribution is 0.175. The van der Waals surface area contributed by atoms with Gasteiger partial charge in [0, 0.05) is 18.6 Å². The Morgan fingerprint density at radius 3 is 2.79 bits per heavy atom. The zero-order valence-corrected chi connectivity index (χ0v) is 12.0. The summed E-state index contributed by atoms with van der Waals surface area (Å²) in [4.78, 5) is 2.89. The summed E-state index contributed by atoms with van der Waals surface area (Å²) in [6, 6.07) is 8.21. The van der Waals surface area contributed by atoms with E-state index in [4.69, 9.17) is 0 Å². The van der Waals surface area contributed by atoms with Crippen LogP contribution in [0.15, 0.2) is 29.2 Å². The van der Waals surface area contributed by atoms with Crippen molar-refractivity contribution < 1.29 is 8.42 Å². The molecule has 4 nitrogen and oxygen atoms in total. The number of nitrogens with zero attached hydrogens (tertiary/aromatic N) is 1. The second-order valence-corrected chi connectivity index (χ2v) is 7.55. The molecule has 1 N–H and O–H groups in total. The quantitative estimate of drug-likeness (QED) is 0.884. The van der Waals surface area contributed by atoms with E-state index in [0.717, 1.165) is 25.1 Å². The van der Waals surface area contributed by atoms with Crippen LogP contribution in [-0.4, -0.2) is 45.2 Å². The number of hydrogen-bond donors (Lipinski definition) is 1. The Labute approximate surface area is 114 Å². The third kappa shape index (κ3) is 2.30. The van der Waals surface area contributed by atoms with Crippen LogP contribution >= 0.6 is 0 Å². The van der Waals surface area contributed by atoms with Crippen molar-refractivity contribution in [2.45, 2.75) is 29.8 Å². The van der Waals surface area contributed by atoms with Gasteiger partial charge in [-0.15, -0.1) is 0 Å². The first kappa shape index (κ1) is 13.1. The van der Waals surface area contributed by atoms with E-state index < -0.39 is 9.84 Å². The summed E-state index contributed by atoms with van der Waals surface area (Å²) in [7, 11) is -0.952. The maximum absolute atomic E-state index is 12.1. The average Bonchev–Trinajstić information content (AvgIpc) is 2.92. The van der Waals surface area contributed by atoms with E-state index in [-0.39, 0.29) is 11.8 Å². The van der Waals surface area contributed by atoms with E-state index >= 15 is 0 Å². The van der Waals surface area contributed by atoms with E-state index in [0.29, 0.717) is 17.4 Å². The van der Waals surface area contributed by atoms with Crippen molar-refractivity contribution in [2.24, 2.45) is 0 Å². The van der Waals surface area contributed by atoms with E-state index in [2.05, 4.69) is 17.3 Å². The molecule has 2 unspecified atom stereocenters. The van der Waals surface area contributed by atoms with Gasteiger partial charge in [0.2, 0.25) is 0 Å². The van der Waals surface area contributed by atoms with Crippen molar-refractivity contribution in [1.29, 1.82) is 0 Å². The van der Waals surface area contributed by atoms with Gasteiger partial charge in [-0.05, 0) is 38.1 Å². The molecular weight excluding hydrogens is 260 g/mol. The Morgan fingerprint density at radius 2 is 2.05 bits per heavy atom. The predicted molar refractivity (Wildman–Crippen MR) is 74.9 cm³/mol. The number of rotatable bonds is 2. The van der Waals surface area contributed by atoms with Gasteiger partial charge < -0.3 is 5.32 Å². The fourth-order valence-corrected chi connectivity index (χ4v) is 4.84. The Hall–Kier alpha value is -0.910. The molecule has 1 aromatic carbocycles. The van der Waals surface area contributed by atoms with Crippen LogP contribution in [0.5, 0.6) is 0 Å². The predicted octanol–water partition coefficient (Wildman–Crippen LogP) is 1.20. The van der Waals surface area contributed by atoms with E-state index in [1.165, 1.54) is 0 Å². The van der Waals surface area contributed by atoms with Gasteiger partial charge in [-0.3, -0.25) is 4.90 Å². The van der Waals surface area contributed by atoms with Gasteiger partial charge in [0.05, 0.1) is 10.6 Å². The molecule has 0 aromatic heterocycles. The summed E-state index contributed by atoms with van der Waals surface area (Å²) in [5.74, 6) is 0.263. The lowest BCUT2D eigenvalue weighted by Crippen LogP contribution is -2.39. The monoisotopic (exact) mass is 280 g/mol. The van der Waals surface area contributed by atoms with E-state index in [9.17, 15) is 8.42 Å². The minimum atomic E-state index is -3.07. The summed E-state index contributed by atoms with van der Waals surface area (Å²) < 4.78 is 24.3. The van der Waals surface area contributed by atoms with E-state index in [1.807, 2.05) is 18.2 Å². The normalized spacial score (nSPS) is 29.4. The number of sulfone groups is 1. The van der Waals surface area contributed by atoms with Gasteiger partial charge in [0.15, 0.2) is 9.84 Å². The standard InChI is InChI=1S/C14H20N2O2S/c1-16(11-6-8-15-10-11)13-7-9-19(17,18)14-5-3-2-4-12(13)14/h2-5,11,13,15H,6-10H2,1H3. The molecule has 0 bridgehead atoms. The largest absolute Gasteiger partial charge is 0.315 e. The van der Waals surface area contributed by atoms with Crippen molar-refractivity contribution in [2.75, 3.05) is 25.9 Å². The topological polar surface area (TPSA) is 49.4 Å². The first-order valence-corrected chi connectivity index (χ1v) is 8.49. The molecule has 19 heavy (non-hydrogen) atoms. The average molecular weight is 280 g/mol. The smallest absolute Gasteiger partial charge is 0.178 e. The lowest BCUT2D eigenvalue weighted by Gasteiger charge is -2.36. The van der Waals surface area contributed by atoms with Crippen LogP contribution in [0.4, 0.5) is 0 Å². The third-order valence-electron chi connectivity index (χ3n) is 4.37. The summed E-state index contributed by atoms with van der Waals surface area (Å²) in [6.45, 7) is 2.06. The highest BCUT2D eigenvalue weighted by Gasteiger charge is 2.34. The molecule has 1 saturated heterocycles. The van der Waals surface area contributed by atoms with Crippen LogP contribution in [0.1, 0.15) is 24.4 Å². The van der Waals surface area contributed by atoms with Crippen LogP contribution in [0.2, 0.25) is 0 Å².